The van der Waals surface area contributed by atoms with Crippen LogP contribution in [0.3, 0.4) is 0 Å². The first-order chi connectivity index (χ1) is 8.12. The third-order valence-corrected chi connectivity index (χ3v) is 4.23. The molecule has 0 aliphatic heterocycles. The van der Waals surface area contributed by atoms with Gasteiger partial charge in [0.2, 0.25) is 10.1 Å². The second-order valence-electron chi connectivity index (χ2n) is 3.91. The summed E-state index contributed by atoms with van der Waals surface area (Å²) in [6.45, 7) is 0. The summed E-state index contributed by atoms with van der Waals surface area (Å²) in [5, 5.41) is 6.35. The average molecular weight is 290 g/mol. The quantitative estimate of drug-likeness (QED) is 0.709. The van der Waals surface area contributed by atoms with E-state index in [1.54, 1.807) is 7.05 Å². The fraction of sp³-hybridized carbons (Fsp3) is 0.375. The first kappa shape index (κ1) is 12.9. The Morgan fingerprint density at radius 3 is 2.00 bits per heavy atom. The summed E-state index contributed by atoms with van der Waals surface area (Å²) in [6, 6.07) is 0. The maximum atomic E-state index is 11.6. The third-order valence-electron chi connectivity index (χ3n) is 2.28. The molecule has 0 atom stereocenters. The highest BCUT2D eigenvalue weighted by Gasteiger charge is 2.24. The first-order valence-corrected chi connectivity index (χ1v) is 8.48. The summed E-state index contributed by atoms with van der Waals surface area (Å²) in [5.74, 6) is 0. The van der Waals surface area contributed by atoms with Gasteiger partial charge in [0.05, 0.1) is 6.33 Å². The number of nitrogens with zero attached hydrogens (tertiary/aromatic N) is 4. The molecule has 0 radical (unpaired) electrons. The van der Waals surface area contributed by atoms with Crippen molar-refractivity contribution in [3.05, 3.63) is 6.33 Å². The van der Waals surface area contributed by atoms with Gasteiger partial charge in [-0.2, -0.15) is 0 Å². The topological polar surface area (TPSA) is 112 Å². The first-order valence-electron chi connectivity index (χ1n) is 4.70. The molecule has 10 heteroatoms. The minimum Gasteiger partial charge on any atom is -0.331 e. The maximum absolute atomic E-state index is 11.6. The van der Waals surface area contributed by atoms with Crippen molar-refractivity contribution < 1.29 is 16.8 Å². The number of fused-ring (bicyclic) bond motifs is 1. The van der Waals surface area contributed by atoms with Crippen LogP contribution in [0.15, 0.2) is 16.4 Å². The van der Waals surface area contributed by atoms with Gasteiger partial charge in [0, 0.05) is 19.6 Å². The molecule has 2 heterocycles. The smallest absolute Gasteiger partial charge is 0.205 e. The molecule has 98 valence electrons. The van der Waals surface area contributed by atoms with Crippen molar-refractivity contribution in [1.29, 1.82) is 0 Å². The van der Waals surface area contributed by atoms with Gasteiger partial charge in [-0.15, -0.1) is 10.2 Å². The van der Waals surface area contributed by atoms with Crippen LogP contribution in [-0.2, 0) is 26.7 Å². The van der Waals surface area contributed by atoms with Crippen LogP contribution < -0.4 is 0 Å². The van der Waals surface area contributed by atoms with Crippen LogP contribution in [0.2, 0.25) is 0 Å². The summed E-state index contributed by atoms with van der Waals surface area (Å²) < 4.78 is 47.6. The zero-order valence-electron chi connectivity index (χ0n) is 9.82. The highest BCUT2D eigenvalue weighted by atomic mass is 32.2. The van der Waals surface area contributed by atoms with Crippen LogP contribution in [-0.4, -0.2) is 49.1 Å². The van der Waals surface area contributed by atoms with E-state index in [0.29, 0.717) is 0 Å². The lowest BCUT2D eigenvalue weighted by molar-refractivity contribution is 0.588. The minimum absolute atomic E-state index is 0.00965. The molecule has 2 aromatic rings. The molecule has 0 saturated carbocycles. The Balaban J connectivity index is 3.04. The molecule has 8 nitrogen and oxygen atoms in total. The van der Waals surface area contributed by atoms with Crippen LogP contribution in [0.5, 0.6) is 0 Å². The zero-order valence-corrected chi connectivity index (χ0v) is 11.4. The lowest BCUT2D eigenvalue weighted by Crippen LogP contribution is -2.10. The van der Waals surface area contributed by atoms with Crippen molar-refractivity contribution >= 4 is 30.7 Å². The van der Waals surface area contributed by atoms with Gasteiger partial charge in [-0.3, -0.25) is 0 Å². The molecule has 2 rings (SSSR count). The van der Waals surface area contributed by atoms with Crippen molar-refractivity contribution in [3.8, 4) is 0 Å². The number of imidazole rings is 1. The van der Waals surface area contributed by atoms with E-state index in [4.69, 9.17) is 0 Å². The molecule has 0 amide bonds. The van der Waals surface area contributed by atoms with E-state index in [1.165, 1.54) is 10.9 Å². The molecule has 0 aromatic carbocycles. The van der Waals surface area contributed by atoms with Crippen molar-refractivity contribution in [2.45, 2.75) is 10.1 Å². The number of aryl methyl sites for hydroxylation is 1. The number of hydrogen-bond donors (Lipinski definition) is 0. The molecule has 0 aliphatic carbocycles. The van der Waals surface area contributed by atoms with Gasteiger partial charge in [0.25, 0.3) is 0 Å². The van der Waals surface area contributed by atoms with Crippen molar-refractivity contribution in [3.63, 3.8) is 0 Å². The van der Waals surface area contributed by atoms with Crippen LogP contribution in [0.25, 0.3) is 11.0 Å². The molecule has 18 heavy (non-hydrogen) atoms. The van der Waals surface area contributed by atoms with E-state index in [2.05, 4.69) is 15.2 Å². The van der Waals surface area contributed by atoms with Gasteiger partial charge in [-0.05, 0) is 0 Å². The molecule has 0 aliphatic rings. The van der Waals surface area contributed by atoms with Gasteiger partial charge >= 0.3 is 0 Å². The summed E-state index contributed by atoms with van der Waals surface area (Å²) in [7, 11) is -5.68. The zero-order chi connectivity index (χ0) is 13.7. The van der Waals surface area contributed by atoms with Crippen LogP contribution in [0, 0.1) is 0 Å². The predicted octanol–water partition coefficient (Wildman–Crippen LogP) is -0.830. The monoisotopic (exact) mass is 290 g/mol. The Morgan fingerprint density at radius 1 is 1.00 bits per heavy atom. The molecule has 0 fully saturated rings. The Labute approximate surface area is 104 Å². The largest absolute Gasteiger partial charge is 0.331 e. The summed E-state index contributed by atoms with van der Waals surface area (Å²) in [5.41, 5.74) is 0.142. The second kappa shape index (κ2) is 3.72. The Hall–Kier alpha value is -1.55. The van der Waals surface area contributed by atoms with Gasteiger partial charge in [-0.25, -0.2) is 21.8 Å². The Morgan fingerprint density at radius 2 is 1.50 bits per heavy atom. The Kier molecular flexibility index (Phi) is 2.66. The molecule has 0 N–H and O–H groups in total. The van der Waals surface area contributed by atoms with E-state index >= 15 is 0 Å². The molecule has 2 aromatic heterocycles. The summed E-state index contributed by atoms with van der Waals surface area (Å²) >= 11 is 0. The number of sulfone groups is 2. The fourth-order valence-corrected chi connectivity index (χ4v) is 2.99. The molecule has 0 spiro atoms. The standard InChI is InChI=1S/C8H10N4O4S2/c1-12-4-9-5-6(12)8(18(3,15)16)11-10-7(5)17(2,13)14/h4H,1-3H3. The third kappa shape index (κ3) is 1.97. The summed E-state index contributed by atoms with van der Waals surface area (Å²) in [6.07, 6.45) is 3.26. The lowest BCUT2D eigenvalue weighted by Gasteiger charge is -2.03. The van der Waals surface area contributed by atoms with Gasteiger partial charge in [-0.1, -0.05) is 0 Å². The van der Waals surface area contributed by atoms with Crippen molar-refractivity contribution in [1.82, 2.24) is 19.7 Å². The minimum atomic E-state index is -3.62. The normalized spacial score (nSPS) is 13.1. The van der Waals surface area contributed by atoms with Crippen LogP contribution >= 0.6 is 0 Å². The number of hydrogen-bond acceptors (Lipinski definition) is 7. The number of aromatic nitrogens is 4. The van der Waals surface area contributed by atoms with Gasteiger partial charge < -0.3 is 4.57 Å². The Bertz CT molecular complexity index is 835. The van der Waals surface area contributed by atoms with E-state index < -0.39 is 19.7 Å². The second-order valence-corrected chi connectivity index (χ2v) is 7.77. The highest BCUT2D eigenvalue weighted by molar-refractivity contribution is 7.91. The highest BCUT2D eigenvalue weighted by Crippen LogP contribution is 2.23. The van der Waals surface area contributed by atoms with E-state index in [1.807, 2.05) is 0 Å². The van der Waals surface area contributed by atoms with Crippen LogP contribution in [0.4, 0.5) is 0 Å². The molecule has 0 saturated heterocycles. The molecular formula is C8H10N4O4S2. The average Bonchev–Trinajstić information content (AvgIpc) is 2.57. The molecule has 0 bridgehead atoms. The SMILES string of the molecule is Cn1cnc2c(S(C)(=O)=O)nnc(S(C)(=O)=O)c21. The van der Waals surface area contributed by atoms with Gasteiger partial charge in [0.15, 0.2) is 19.7 Å². The van der Waals surface area contributed by atoms with Crippen molar-refractivity contribution in [2.24, 2.45) is 7.05 Å². The maximum Gasteiger partial charge on any atom is 0.205 e. The summed E-state index contributed by atoms with van der Waals surface area (Å²) in [4.78, 5) is 3.88. The van der Waals surface area contributed by atoms with E-state index in [-0.39, 0.29) is 21.1 Å². The molecular weight excluding hydrogens is 280 g/mol. The predicted molar refractivity (Wildman–Crippen MR) is 62.5 cm³/mol. The van der Waals surface area contributed by atoms with Crippen LogP contribution in [0.1, 0.15) is 0 Å². The van der Waals surface area contributed by atoms with Gasteiger partial charge in [0.1, 0.15) is 11.0 Å². The lowest BCUT2D eigenvalue weighted by atomic mass is 10.5. The van der Waals surface area contributed by atoms with E-state index in [0.717, 1.165) is 12.5 Å². The number of rotatable bonds is 2. The molecule has 0 unspecified atom stereocenters. The fourth-order valence-electron chi connectivity index (χ4n) is 1.52. The van der Waals surface area contributed by atoms with E-state index in [9.17, 15) is 16.8 Å². The van der Waals surface area contributed by atoms with Crippen molar-refractivity contribution in [2.75, 3.05) is 12.5 Å².